The third-order valence-corrected chi connectivity index (χ3v) is 14.3. The van der Waals surface area contributed by atoms with E-state index in [0.717, 1.165) is 86.5 Å². The third-order valence-electron chi connectivity index (χ3n) is 13.1. The fourth-order valence-corrected chi connectivity index (χ4v) is 10.9. The van der Waals surface area contributed by atoms with E-state index in [9.17, 15) is 27.8 Å². The number of imide groups is 1. The molecule has 0 aliphatic carbocycles. The van der Waals surface area contributed by atoms with Crippen molar-refractivity contribution in [2.24, 2.45) is 5.41 Å². The molecule has 3 unspecified atom stereocenters. The highest BCUT2D eigenvalue weighted by Crippen LogP contribution is 2.42. The van der Waals surface area contributed by atoms with Crippen LogP contribution in [0.5, 0.6) is 0 Å². The van der Waals surface area contributed by atoms with E-state index < -0.39 is 52.3 Å². The second-order valence-electron chi connectivity index (χ2n) is 17.5. The number of piperidine rings is 1. The number of H-pyrrole nitrogens is 1. The Balaban J connectivity index is 0.705. The Bertz CT molecular complexity index is 2700. The van der Waals surface area contributed by atoms with Gasteiger partial charge in [-0.1, -0.05) is 24.3 Å². The number of carbonyl (C=O) groups excluding carboxylic acids is 4. The highest BCUT2D eigenvalue weighted by molar-refractivity contribution is 7.84. The molecule has 3 amide bonds. The van der Waals surface area contributed by atoms with Gasteiger partial charge >= 0.3 is 0 Å². The zero-order valence-electron chi connectivity index (χ0n) is 34.3. The molecule has 0 bridgehead atoms. The number of ketones is 1. The molecule has 326 valence electrons. The standard InChI is InChI=1S/C46H45F3N8O5S/c47-31-14-16-56(22-31)63(62)53-37-11-10-36(48)40(41(37)49)42(59)35-20-51-43-34(35)18-29(19-50-43)28-5-7-32(8-6-28)55-25-46(26-55)23-54(24-46)15-2-1-3-27-4-9-33-30(17-27)21-57(45(33)61)38-12-13-39(58)52-44(38)60/h4-11,17-20,31,38,53H,1-3,12-16,21-26H2,(H,50,51)(H,52,58,60). The molecule has 0 radical (unpaired) electrons. The predicted octanol–water partition coefficient (Wildman–Crippen LogP) is 5.68. The first-order chi connectivity index (χ1) is 30.4. The molecule has 13 nitrogen and oxygen atoms in total. The van der Waals surface area contributed by atoms with Crippen LogP contribution in [0.25, 0.3) is 22.2 Å². The van der Waals surface area contributed by atoms with Crippen LogP contribution in [0.2, 0.25) is 0 Å². The van der Waals surface area contributed by atoms with Gasteiger partial charge in [0.1, 0.15) is 23.7 Å². The lowest BCUT2D eigenvalue weighted by Crippen LogP contribution is -2.72. The molecule has 2 aromatic heterocycles. The van der Waals surface area contributed by atoms with Gasteiger partial charge in [-0.05, 0) is 91.7 Å². The number of hydrogen-bond acceptors (Lipinski definition) is 8. The van der Waals surface area contributed by atoms with Gasteiger partial charge in [0.25, 0.3) is 5.91 Å². The van der Waals surface area contributed by atoms with E-state index in [4.69, 9.17) is 0 Å². The number of benzene rings is 3. The van der Waals surface area contributed by atoms with Crippen molar-refractivity contribution in [3.8, 4) is 11.1 Å². The fraction of sp³-hybridized carbons (Fsp3) is 0.370. The summed E-state index contributed by atoms with van der Waals surface area (Å²) in [5.74, 6) is -3.99. The molecular formula is C46H45F3N8O5S. The maximum absolute atomic E-state index is 15.7. The number of pyridine rings is 1. The number of aromatic amines is 1. The predicted molar refractivity (Wildman–Crippen MR) is 231 cm³/mol. The van der Waals surface area contributed by atoms with Crippen molar-refractivity contribution in [3.63, 3.8) is 0 Å². The summed E-state index contributed by atoms with van der Waals surface area (Å²) in [5.41, 5.74) is 5.05. The molecule has 63 heavy (non-hydrogen) atoms. The SMILES string of the molecule is O=C1CCC(N2Cc3cc(CCCCN4CC5(C4)CN(c4ccc(-c6cnc7[nH]cc(C(=O)c8c(F)ccc(NS(=O)N9CCC(F)C9)c8F)c7c6)cc4)C5)ccc3C2=O)C(=O)N1. The summed E-state index contributed by atoms with van der Waals surface area (Å²) in [4.78, 5) is 64.6. The Labute approximate surface area is 363 Å². The highest BCUT2D eigenvalue weighted by atomic mass is 32.2. The molecule has 5 aliphatic rings. The largest absolute Gasteiger partial charge is 0.370 e. The van der Waals surface area contributed by atoms with Gasteiger partial charge in [-0.2, -0.15) is 0 Å². The van der Waals surface area contributed by atoms with Gasteiger partial charge in [-0.15, -0.1) is 0 Å². The summed E-state index contributed by atoms with van der Waals surface area (Å²) in [7, 11) is 0. The Morgan fingerprint density at radius 3 is 2.52 bits per heavy atom. The minimum Gasteiger partial charge on any atom is -0.370 e. The number of alkyl halides is 1. The number of amides is 3. The van der Waals surface area contributed by atoms with Crippen LogP contribution in [0, 0.1) is 17.0 Å². The summed E-state index contributed by atoms with van der Waals surface area (Å²) in [6, 6.07) is 17.3. The number of aromatic nitrogens is 2. The van der Waals surface area contributed by atoms with Gasteiger partial charge in [0.2, 0.25) is 17.6 Å². The first-order valence-electron chi connectivity index (χ1n) is 21.3. The molecule has 4 saturated heterocycles. The van der Waals surface area contributed by atoms with E-state index in [1.54, 1.807) is 17.2 Å². The second kappa shape index (κ2) is 16.3. The summed E-state index contributed by atoms with van der Waals surface area (Å²) >= 11 is -1.97. The van der Waals surface area contributed by atoms with Crippen molar-refractivity contribution in [1.82, 2.24) is 29.4 Å². The summed E-state index contributed by atoms with van der Waals surface area (Å²) in [6.45, 7) is 5.65. The smallest absolute Gasteiger partial charge is 0.255 e. The number of hydrogen-bond donors (Lipinski definition) is 3. The number of carbonyl (C=O) groups is 4. The van der Waals surface area contributed by atoms with Crippen molar-refractivity contribution >= 4 is 57.1 Å². The number of likely N-dealkylation sites (tertiary alicyclic amines) is 1. The van der Waals surface area contributed by atoms with Gasteiger partial charge < -0.3 is 19.7 Å². The Hall–Kier alpha value is -5.91. The van der Waals surface area contributed by atoms with E-state index in [0.29, 0.717) is 35.0 Å². The normalized spacial score (nSPS) is 21.4. The van der Waals surface area contributed by atoms with Crippen molar-refractivity contribution in [1.29, 1.82) is 0 Å². The molecule has 10 rings (SSSR count). The molecule has 1 spiro atoms. The van der Waals surface area contributed by atoms with E-state index >= 15 is 8.78 Å². The van der Waals surface area contributed by atoms with Crippen LogP contribution in [0.3, 0.4) is 0 Å². The molecule has 5 aliphatic heterocycles. The summed E-state index contributed by atoms with van der Waals surface area (Å²) in [6.07, 6.45) is 5.73. The molecule has 0 saturated carbocycles. The van der Waals surface area contributed by atoms with Crippen molar-refractivity contribution < 1.29 is 36.6 Å². The summed E-state index contributed by atoms with van der Waals surface area (Å²) < 4.78 is 60.9. The summed E-state index contributed by atoms with van der Waals surface area (Å²) in [5, 5.41) is 2.75. The fourth-order valence-electron chi connectivity index (χ4n) is 9.84. The van der Waals surface area contributed by atoms with Crippen molar-refractivity contribution in [3.05, 3.63) is 113 Å². The van der Waals surface area contributed by atoms with E-state index in [2.05, 4.69) is 48.0 Å². The third kappa shape index (κ3) is 7.80. The number of aryl methyl sites for hydroxylation is 1. The number of halogens is 3. The number of anilines is 2. The van der Waals surface area contributed by atoms with E-state index in [1.807, 2.05) is 24.3 Å². The molecule has 7 heterocycles. The van der Waals surface area contributed by atoms with E-state index in [-0.39, 0.29) is 49.0 Å². The number of nitrogens with zero attached hydrogens (tertiary/aromatic N) is 5. The van der Waals surface area contributed by atoms with Gasteiger partial charge in [0.15, 0.2) is 17.0 Å². The first kappa shape index (κ1) is 41.1. The molecular weight excluding hydrogens is 834 g/mol. The van der Waals surface area contributed by atoms with Crippen LogP contribution < -0.4 is 14.9 Å². The monoisotopic (exact) mass is 878 g/mol. The quantitative estimate of drug-likeness (QED) is 0.0778. The van der Waals surface area contributed by atoms with Gasteiger partial charge in [-0.25, -0.2) is 26.7 Å². The average Bonchev–Trinajstić information content (AvgIpc) is 3.97. The zero-order chi connectivity index (χ0) is 43.6. The van der Waals surface area contributed by atoms with Crippen LogP contribution in [0.1, 0.15) is 69.5 Å². The minimum atomic E-state index is -1.97. The lowest BCUT2D eigenvalue weighted by molar-refractivity contribution is -0.136. The number of fused-ring (bicyclic) bond motifs is 2. The molecule has 3 atom stereocenters. The van der Waals surface area contributed by atoms with Crippen LogP contribution in [-0.4, -0.2) is 110 Å². The molecule has 3 aromatic carbocycles. The lowest BCUT2D eigenvalue weighted by Gasteiger charge is -2.61. The maximum atomic E-state index is 15.7. The molecule has 17 heteroatoms. The van der Waals surface area contributed by atoms with Gasteiger partial charge in [0.05, 0.1) is 11.3 Å². The van der Waals surface area contributed by atoms with Crippen molar-refractivity contribution in [2.75, 3.05) is 55.4 Å². The van der Waals surface area contributed by atoms with Gasteiger partial charge in [0, 0.05) is 97.8 Å². The Morgan fingerprint density at radius 1 is 0.952 bits per heavy atom. The van der Waals surface area contributed by atoms with Crippen LogP contribution >= 0.6 is 0 Å². The lowest BCUT2D eigenvalue weighted by atomic mass is 9.72. The Kier molecular flexibility index (Phi) is 10.7. The zero-order valence-corrected chi connectivity index (χ0v) is 35.1. The highest BCUT2D eigenvalue weighted by Gasteiger charge is 2.51. The second-order valence-corrected chi connectivity index (χ2v) is 18.7. The number of rotatable bonds is 13. The molecule has 3 N–H and O–H groups in total. The van der Waals surface area contributed by atoms with Crippen LogP contribution in [0.15, 0.2) is 73.1 Å². The first-order valence-corrected chi connectivity index (χ1v) is 22.4. The van der Waals surface area contributed by atoms with E-state index in [1.165, 1.54) is 16.1 Å². The van der Waals surface area contributed by atoms with Gasteiger partial charge in [-0.3, -0.25) is 29.2 Å². The average molecular weight is 879 g/mol. The topological polar surface area (TPSA) is 151 Å². The number of unbranched alkanes of at least 4 members (excludes halogenated alkanes) is 1. The molecule has 5 aromatic rings. The number of nitrogens with one attached hydrogen (secondary N) is 3. The molecule has 4 fully saturated rings. The minimum absolute atomic E-state index is 0.0340. The van der Waals surface area contributed by atoms with Crippen LogP contribution in [0.4, 0.5) is 24.5 Å². The Morgan fingerprint density at radius 2 is 1.76 bits per heavy atom. The van der Waals surface area contributed by atoms with Crippen molar-refractivity contribution in [2.45, 2.75) is 57.3 Å². The maximum Gasteiger partial charge on any atom is 0.255 e. The van der Waals surface area contributed by atoms with Crippen LogP contribution in [-0.2, 0) is 33.7 Å².